The van der Waals surface area contributed by atoms with E-state index >= 15 is 0 Å². The molecule has 30 heavy (non-hydrogen) atoms. The molecular formula is C18H17N6O3S3+. The van der Waals surface area contributed by atoms with Crippen molar-refractivity contribution in [2.45, 2.75) is 6.92 Å². The molecule has 0 saturated heterocycles. The first-order valence-electron chi connectivity index (χ1n) is 8.83. The summed E-state index contributed by atoms with van der Waals surface area (Å²) in [6, 6.07) is 3.29. The number of carbonyl (C=O) groups is 3. The van der Waals surface area contributed by atoms with Gasteiger partial charge in [0.15, 0.2) is 11.0 Å². The minimum absolute atomic E-state index is 0.0492. The van der Waals surface area contributed by atoms with Gasteiger partial charge >= 0.3 is 11.9 Å². The number of aryl methyl sites for hydroxylation is 1. The maximum atomic E-state index is 12.8. The third-order valence-electron chi connectivity index (χ3n) is 4.39. The number of amidine groups is 2. The maximum Gasteiger partial charge on any atom is 0.445 e. The third kappa shape index (κ3) is 3.85. The van der Waals surface area contributed by atoms with Gasteiger partial charge in [0.05, 0.1) is 30.4 Å². The lowest BCUT2D eigenvalue weighted by molar-refractivity contribution is -0.407. The first-order chi connectivity index (χ1) is 14.3. The second-order valence-corrected chi connectivity index (χ2v) is 9.33. The van der Waals surface area contributed by atoms with E-state index in [0.29, 0.717) is 21.8 Å². The van der Waals surface area contributed by atoms with Gasteiger partial charge in [0, 0.05) is 5.38 Å². The number of nitrogens with one attached hydrogen (secondary N) is 1. The minimum Gasteiger partial charge on any atom is -0.301 e. The van der Waals surface area contributed by atoms with Crippen LogP contribution in [0.15, 0.2) is 32.9 Å². The van der Waals surface area contributed by atoms with Gasteiger partial charge in [0.25, 0.3) is 5.84 Å². The molecule has 0 spiro atoms. The van der Waals surface area contributed by atoms with Crippen molar-refractivity contribution in [2.75, 3.05) is 25.2 Å². The molecule has 0 radical (unpaired) electrons. The predicted molar refractivity (Wildman–Crippen MR) is 119 cm³/mol. The molecule has 0 aromatic carbocycles. The minimum atomic E-state index is -0.818. The van der Waals surface area contributed by atoms with E-state index in [1.54, 1.807) is 7.05 Å². The van der Waals surface area contributed by atoms with E-state index in [4.69, 9.17) is 0 Å². The van der Waals surface area contributed by atoms with Crippen LogP contribution in [0, 0.1) is 12.8 Å². The van der Waals surface area contributed by atoms with Crippen molar-refractivity contribution >= 4 is 74.1 Å². The highest BCUT2D eigenvalue weighted by molar-refractivity contribution is 8.14. The van der Waals surface area contributed by atoms with E-state index in [0.717, 1.165) is 27.2 Å². The van der Waals surface area contributed by atoms with Gasteiger partial charge in [0.1, 0.15) is 5.04 Å². The van der Waals surface area contributed by atoms with Crippen molar-refractivity contribution in [1.82, 2.24) is 9.88 Å². The van der Waals surface area contributed by atoms with Gasteiger partial charge in [0.2, 0.25) is 11.7 Å². The zero-order valence-corrected chi connectivity index (χ0v) is 18.7. The largest absolute Gasteiger partial charge is 0.445 e. The first kappa shape index (κ1) is 20.6. The molecule has 2 aliphatic rings. The summed E-state index contributed by atoms with van der Waals surface area (Å²) in [7, 11) is 3.00. The summed E-state index contributed by atoms with van der Waals surface area (Å²) in [6.45, 7) is 1.85. The number of urea groups is 1. The van der Waals surface area contributed by atoms with Gasteiger partial charge in [-0.25, -0.2) is 14.8 Å². The molecule has 1 atom stereocenters. The van der Waals surface area contributed by atoms with Gasteiger partial charge < -0.3 is 5.32 Å². The summed E-state index contributed by atoms with van der Waals surface area (Å²) in [4.78, 5) is 52.8. The fraction of sp³-hybridized carbons (Fsp3) is 0.278. The summed E-state index contributed by atoms with van der Waals surface area (Å²) in [5, 5.41) is 7.45. The molecule has 0 fully saturated rings. The zero-order valence-electron chi connectivity index (χ0n) is 16.3. The highest BCUT2D eigenvalue weighted by atomic mass is 32.2. The Labute approximate surface area is 184 Å². The monoisotopic (exact) mass is 461 g/mol. The Kier molecular flexibility index (Phi) is 5.62. The quantitative estimate of drug-likeness (QED) is 0.703. The SMILES string of the molecule is Cc1csc(NC(=O)CSC2=NC(c3cccs3)=NC3=[N+](C)C(=O)N(C)C(=O)C23)n1. The maximum absolute atomic E-state index is 12.8. The second kappa shape index (κ2) is 8.20. The molecule has 0 saturated carbocycles. The summed E-state index contributed by atoms with van der Waals surface area (Å²) >= 11 is 3.96. The van der Waals surface area contributed by atoms with Crippen LogP contribution in [0.3, 0.4) is 0 Å². The number of fused-ring (bicyclic) bond motifs is 1. The first-order valence-corrected chi connectivity index (χ1v) is 11.6. The zero-order chi connectivity index (χ0) is 21.4. The molecule has 1 N–H and O–H groups in total. The topological polar surface area (TPSA) is 107 Å². The molecule has 4 heterocycles. The van der Waals surface area contributed by atoms with Gasteiger partial charge in [-0.05, 0) is 18.4 Å². The van der Waals surface area contributed by atoms with Crippen LogP contribution in [0.1, 0.15) is 10.6 Å². The van der Waals surface area contributed by atoms with Crippen LogP contribution in [-0.4, -0.2) is 68.9 Å². The van der Waals surface area contributed by atoms with E-state index in [9.17, 15) is 14.4 Å². The lowest BCUT2D eigenvalue weighted by Crippen LogP contribution is -2.54. The number of carbonyl (C=O) groups excluding carboxylic acids is 3. The molecule has 12 heteroatoms. The Morgan fingerprint density at radius 2 is 2.13 bits per heavy atom. The van der Waals surface area contributed by atoms with Crippen LogP contribution in [0.2, 0.25) is 0 Å². The Morgan fingerprint density at radius 3 is 2.80 bits per heavy atom. The summed E-state index contributed by atoms with van der Waals surface area (Å²) in [6.07, 6.45) is 0. The fourth-order valence-corrected chi connectivity index (χ4v) is 5.15. The van der Waals surface area contributed by atoms with E-state index in [1.807, 2.05) is 29.8 Å². The number of thioether (sulfide) groups is 1. The molecule has 154 valence electrons. The number of thiophene rings is 1. The average Bonchev–Trinajstić information content (AvgIpc) is 3.40. The summed E-state index contributed by atoms with van der Waals surface area (Å²) in [5.74, 6) is -0.690. The van der Waals surface area contributed by atoms with Crippen LogP contribution in [0.4, 0.5) is 9.93 Å². The van der Waals surface area contributed by atoms with Crippen LogP contribution in [-0.2, 0) is 9.59 Å². The second-order valence-electron chi connectivity index (χ2n) is 6.52. The number of anilines is 1. The number of hydrogen-bond acceptors (Lipinski definition) is 9. The standard InChI is InChI=1S/C18H16N6O3S3/c1-9-7-30-17(19-9)20-11(25)8-29-15-12-14(23(2)18(27)24(3)16(12)26)21-13(22-15)10-5-4-6-28-10/h4-7,12H,8H2,1-3H3/p+1. The number of hydrogen-bond donors (Lipinski definition) is 1. The van der Waals surface area contributed by atoms with Crippen molar-refractivity contribution in [2.24, 2.45) is 15.9 Å². The Bertz CT molecular complexity index is 1130. The molecule has 2 aromatic rings. The van der Waals surface area contributed by atoms with Crippen LogP contribution < -0.4 is 5.32 Å². The molecule has 9 nitrogen and oxygen atoms in total. The number of rotatable bonds is 4. The fourth-order valence-electron chi connectivity index (χ4n) is 2.91. The molecule has 1 unspecified atom stereocenters. The van der Waals surface area contributed by atoms with Gasteiger partial charge in [-0.15, -0.1) is 22.7 Å². The van der Waals surface area contributed by atoms with Crippen LogP contribution in [0.5, 0.6) is 0 Å². The Morgan fingerprint density at radius 1 is 1.33 bits per heavy atom. The predicted octanol–water partition coefficient (Wildman–Crippen LogP) is 2.29. The van der Waals surface area contributed by atoms with E-state index in [2.05, 4.69) is 20.3 Å². The van der Waals surface area contributed by atoms with Crippen molar-refractivity contribution < 1.29 is 19.0 Å². The molecule has 4 amide bonds. The highest BCUT2D eigenvalue weighted by Crippen LogP contribution is 2.27. The van der Waals surface area contributed by atoms with Gasteiger partial charge in [-0.2, -0.15) is 9.48 Å². The highest BCUT2D eigenvalue weighted by Gasteiger charge is 2.49. The average molecular weight is 462 g/mol. The smallest absolute Gasteiger partial charge is 0.301 e. The number of amides is 4. The molecule has 4 rings (SSSR count). The van der Waals surface area contributed by atoms with E-state index in [1.165, 1.54) is 34.3 Å². The van der Waals surface area contributed by atoms with E-state index < -0.39 is 17.9 Å². The third-order valence-corrected chi connectivity index (χ3v) is 7.17. The lowest BCUT2D eigenvalue weighted by atomic mass is 10.0. The number of aliphatic imine (C=N–C) groups is 2. The number of thiazole rings is 1. The number of aromatic nitrogens is 1. The van der Waals surface area contributed by atoms with E-state index in [-0.39, 0.29) is 11.7 Å². The number of imide groups is 1. The van der Waals surface area contributed by atoms with Crippen LogP contribution in [0.25, 0.3) is 0 Å². The summed E-state index contributed by atoms with van der Waals surface area (Å²) in [5.41, 5.74) is 0.833. The molecule has 0 bridgehead atoms. The normalized spacial score (nSPS) is 18.9. The van der Waals surface area contributed by atoms with Gasteiger partial charge in [-0.3, -0.25) is 9.59 Å². The molecule has 2 aromatic heterocycles. The molecule has 0 aliphatic carbocycles. The number of nitrogens with zero attached hydrogens (tertiary/aromatic N) is 5. The van der Waals surface area contributed by atoms with Crippen LogP contribution >= 0.6 is 34.4 Å². The van der Waals surface area contributed by atoms with Gasteiger partial charge in [-0.1, -0.05) is 22.8 Å². The molecular weight excluding hydrogens is 444 g/mol. The Balaban J connectivity index is 1.62. The summed E-state index contributed by atoms with van der Waals surface area (Å²) < 4.78 is 1.35. The molecule has 2 aliphatic heterocycles. The lowest BCUT2D eigenvalue weighted by Gasteiger charge is -2.26. The Hall–Kier alpha value is -2.70. The van der Waals surface area contributed by atoms with Crippen molar-refractivity contribution in [1.29, 1.82) is 0 Å². The van der Waals surface area contributed by atoms with Crippen molar-refractivity contribution in [3.8, 4) is 0 Å². The van der Waals surface area contributed by atoms with Crippen molar-refractivity contribution in [3.63, 3.8) is 0 Å². The van der Waals surface area contributed by atoms with Crippen molar-refractivity contribution in [3.05, 3.63) is 33.5 Å².